The van der Waals surface area contributed by atoms with Crippen molar-refractivity contribution < 1.29 is 0 Å². The SMILES string of the molecule is CCCC1=CC#C1. The molecule has 0 nitrogen and oxygen atoms in total. The molecule has 36 valence electrons. The Labute approximate surface area is 44.2 Å². The molecule has 0 spiro atoms. The molecule has 0 radical (unpaired) electrons. The van der Waals surface area contributed by atoms with Gasteiger partial charge in [0, 0.05) is 11.6 Å². The highest BCUT2D eigenvalue weighted by molar-refractivity contribution is 5.45. The molecule has 0 aromatic heterocycles. The van der Waals surface area contributed by atoms with Crippen LogP contribution in [0, 0.1) is 11.8 Å². The van der Waals surface area contributed by atoms with Crippen LogP contribution < -0.4 is 0 Å². The fourth-order valence-corrected chi connectivity index (χ4v) is 0.578. The topological polar surface area (TPSA) is 0 Å². The third-order valence-electron chi connectivity index (χ3n) is 0.998. The summed E-state index contributed by atoms with van der Waals surface area (Å²) in [5.41, 5.74) is 1.32. The normalized spacial score (nSPS) is 13.6. The summed E-state index contributed by atoms with van der Waals surface area (Å²) in [7, 11) is 0. The van der Waals surface area contributed by atoms with Crippen molar-refractivity contribution in [3.8, 4) is 11.8 Å². The first-order valence-electron chi connectivity index (χ1n) is 2.64. The Morgan fingerprint density at radius 3 is 2.57 bits per heavy atom. The summed E-state index contributed by atoms with van der Waals surface area (Å²) >= 11 is 0. The maximum Gasteiger partial charge on any atom is 0.0107 e. The molecule has 1 aliphatic carbocycles. The van der Waals surface area contributed by atoms with Gasteiger partial charge in [0.05, 0.1) is 0 Å². The number of allylic oxidation sites excluding steroid dienone is 2. The summed E-state index contributed by atoms with van der Waals surface area (Å²) in [5, 5.41) is 0. The zero-order chi connectivity index (χ0) is 5.11. The van der Waals surface area contributed by atoms with Gasteiger partial charge in [0.2, 0.25) is 0 Å². The van der Waals surface area contributed by atoms with Crippen molar-refractivity contribution in [2.24, 2.45) is 0 Å². The van der Waals surface area contributed by atoms with Gasteiger partial charge in [0.25, 0.3) is 0 Å². The predicted octanol–water partition coefficient (Wildman–Crippen LogP) is 1.73. The number of hydrogen-bond acceptors (Lipinski definition) is 0. The third-order valence-corrected chi connectivity index (χ3v) is 0.998. The van der Waals surface area contributed by atoms with Crippen LogP contribution in [-0.4, -0.2) is 0 Å². The van der Waals surface area contributed by atoms with Crippen molar-refractivity contribution in [2.45, 2.75) is 19.8 Å². The first-order valence-corrected chi connectivity index (χ1v) is 2.64. The smallest absolute Gasteiger partial charge is 0.0107 e. The molecule has 1 aliphatic rings. The van der Waals surface area contributed by atoms with E-state index in [1.54, 1.807) is 0 Å². The number of rotatable bonds is 2. The van der Waals surface area contributed by atoms with Crippen LogP contribution in [0.5, 0.6) is 0 Å². The molecule has 0 fully saturated rings. The summed E-state index contributed by atoms with van der Waals surface area (Å²) < 4.78 is 0. The van der Waals surface area contributed by atoms with Crippen LogP contribution in [0.1, 0.15) is 19.8 Å². The molecule has 0 saturated heterocycles. The van der Waals surface area contributed by atoms with E-state index in [4.69, 9.17) is 0 Å². The fraction of sp³-hybridized carbons (Fsp3) is 0.429. The quantitative estimate of drug-likeness (QED) is 0.455. The zero-order valence-corrected chi connectivity index (χ0v) is 4.49. The van der Waals surface area contributed by atoms with Gasteiger partial charge in [-0.15, -0.1) is 0 Å². The molecule has 1 rings (SSSR count). The van der Waals surface area contributed by atoms with E-state index >= 15 is 0 Å². The van der Waals surface area contributed by atoms with Crippen molar-refractivity contribution in [2.75, 3.05) is 0 Å². The Hall–Kier alpha value is -0.700. The van der Waals surface area contributed by atoms with E-state index in [2.05, 4.69) is 18.8 Å². The fourth-order valence-electron chi connectivity index (χ4n) is 0.578. The Morgan fingerprint density at radius 1 is 1.71 bits per heavy atom. The molecule has 0 N–H and O–H groups in total. The van der Waals surface area contributed by atoms with Crippen LogP contribution in [0.3, 0.4) is 0 Å². The average Bonchev–Trinajstić information content (AvgIpc) is 1.55. The molecular weight excluding hydrogens is 84.1 g/mol. The van der Waals surface area contributed by atoms with Crippen molar-refractivity contribution in [3.63, 3.8) is 0 Å². The van der Waals surface area contributed by atoms with E-state index < -0.39 is 0 Å². The highest BCUT2D eigenvalue weighted by atomic mass is 14.0. The van der Waals surface area contributed by atoms with Crippen molar-refractivity contribution in [1.82, 2.24) is 0 Å². The van der Waals surface area contributed by atoms with E-state index in [-0.39, 0.29) is 0 Å². The monoisotopic (exact) mass is 92.1 g/mol. The molecular formula is C7H8. The van der Waals surface area contributed by atoms with Gasteiger partial charge >= 0.3 is 0 Å². The first-order chi connectivity index (χ1) is 3.43. The van der Waals surface area contributed by atoms with Gasteiger partial charge in [-0.05, 0) is 6.42 Å². The third kappa shape index (κ3) is 0.838. The largest absolute Gasteiger partial charge is 0.0690 e. The Bertz CT molecular complexity index is 141. The summed E-state index contributed by atoms with van der Waals surface area (Å²) in [4.78, 5) is 0. The Morgan fingerprint density at radius 2 is 2.43 bits per heavy atom. The highest BCUT2D eigenvalue weighted by Crippen LogP contribution is 2.06. The molecule has 0 bridgehead atoms. The molecule has 0 unspecified atom stereocenters. The second-order valence-corrected chi connectivity index (χ2v) is 1.69. The van der Waals surface area contributed by atoms with Crippen molar-refractivity contribution >= 4 is 0 Å². The van der Waals surface area contributed by atoms with Gasteiger partial charge in [-0.3, -0.25) is 0 Å². The van der Waals surface area contributed by atoms with Crippen LogP contribution in [-0.2, 0) is 0 Å². The van der Waals surface area contributed by atoms with Crippen LogP contribution >= 0.6 is 0 Å². The lowest BCUT2D eigenvalue weighted by Crippen LogP contribution is -1.82. The molecule has 7 heavy (non-hydrogen) atoms. The van der Waals surface area contributed by atoms with E-state index in [0.717, 1.165) is 0 Å². The molecule has 0 aromatic carbocycles. The van der Waals surface area contributed by atoms with Gasteiger partial charge < -0.3 is 0 Å². The van der Waals surface area contributed by atoms with Crippen LogP contribution in [0.25, 0.3) is 0 Å². The van der Waals surface area contributed by atoms with Gasteiger partial charge in [0.1, 0.15) is 0 Å². The molecule has 0 aliphatic heterocycles. The molecule has 0 amide bonds. The lowest BCUT2D eigenvalue weighted by atomic mass is 10.1. The molecule has 0 saturated carbocycles. The molecule has 0 heterocycles. The zero-order valence-electron chi connectivity index (χ0n) is 4.49. The highest BCUT2D eigenvalue weighted by Gasteiger charge is 1.92. The first kappa shape index (κ1) is 4.46. The maximum atomic E-state index is 2.96. The summed E-state index contributed by atoms with van der Waals surface area (Å²) in [6, 6.07) is 0. The lowest BCUT2D eigenvalue weighted by Gasteiger charge is -1.96. The van der Waals surface area contributed by atoms with E-state index in [1.807, 2.05) is 6.08 Å². The van der Waals surface area contributed by atoms with Crippen LogP contribution in [0.4, 0.5) is 0 Å². The molecule has 0 aromatic rings. The summed E-state index contributed by atoms with van der Waals surface area (Å²) in [5.74, 6) is 5.79. The summed E-state index contributed by atoms with van der Waals surface area (Å²) in [6.45, 7) is 2.17. The second-order valence-electron chi connectivity index (χ2n) is 1.69. The van der Waals surface area contributed by atoms with Gasteiger partial charge in [-0.25, -0.2) is 0 Å². The standard InChI is InChI=1S/C7H8/c1-2-4-7-5-3-6-7/h5H,2,4H2,1H3. The van der Waals surface area contributed by atoms with E-state index in [9.17, 15) is 0 Å². The Kier molecular flexibility index (Phi) is 1.17. The lowest BCUT2D eigenvalue weighted by molar-refractivity contribution is 0.930. The minimum Gasteiger partial charge on any atom is -0.0690 e. The predicted molar refractivity (Wildman–Crippen MR) is 30.8 cm³/mol. The van der Waals surface area contributed by atoms with Gasteiger partial charge in [-0.2, -0.15) is 0 Å². The second kappa shape index (κ2) is 1.84. The van der Waals surface area contributed by atoms with Gasteiger partial charge in [-0.1, -0.05) is 25.2 Å². The number of hydrogen-bond donors (Lipinski definition) is 0. The van der Waals surface area contributed by atoms with Crippen molar-refractivity contribution in [3.05, 3.63) is 11.6 Å². The Balaban J connectivity index is 2.22. The van der Waals surface area contributed by atoms with Crippen LogP contribution in [0.15, 0.2) is 11.6 Å². The van der Waals surface area contributed by atoms with E-state index in [1.165, 1.54) is 18.4 Å². The summed E-state index contributed by atoms with van der Waals surface area (Å²) in [6.07, 6.45) is 4.39. The van der Waals surface area contributed by atoms with Crippen molar-refractivity contribution in [1.29, 1.82) is 0 Å². The van der Waals surface area contributed by atoms with Crippen LogP contribution in [0.2, 0.25) is 0 Å². The van der Waals surface area contributed by atoms with Gasteiger partial charge in [0.15, 0.2) is 0 Å². The minimum atomic E-state index is 1.17. The maximum absolute atomic E-state index is 2.96. The van der Waals surface area contributed by atoms with E-state index in [0.29, 0.717) is 0 Å². The molecule has 0 atom stereocenters. The average molecular weight is 92.1 g/mol. The molecule has 0 heteroatoms. The minimum absolute atomic E-state index is 1.17.